The van der Waals surface area contributed by atoms with E-state index in [1.165, 1.54) is 33.5 Å². The van der Waals surface area contributed by atoms with E-state index in [1.807, 2.05) is 0 Å². The highest BCUT2D eigenvalue weighted by Gasteiger charge is 2.24. The molecule has 0 fully saturated rings. The van der Waals surface area contributed by atoms with E-state index in [0.717, 1.165) is 12.1 Å². The van der Waals surface area contributed by atoms with Gasteiger partial charge in [0, 0.05) is 17.8 Å². The number of carbonyl (C=O) groups excluding carboxylic acids is 1. The van der Waals surface area contributed by atoms with E-state index in [-0.39, 0.29) is 12.2 Å². The van der Waals surface area contributed by atoms with Crippen molar-refractivity contribution >= 4 is 11.7 Å². The Kier molecular flexibility index (Phi) is 7.80. The molecule has 1 N–H and O–H groups in total. The number of esters is 1. The van der Waals surface area contributed by atoms with Crippen LogP contribution in [-0.4, -0.2) is 33.9 Å². The van der Waals surface area contributed by atoms with Gasteiger partial charge in [0.05, 0.1) is 39.6 Å². The molecule has 0 unspecified atom stereocenters. The number of hydrogen-bond donors (Lipinski definition) is 1. The van der Waals surface area contributed by atoms with Crippen molar-refractivity contribution in [2.24, 2.45) is 0 Å². The van der Waals surface area contributed by atoms with Crippen molar-refractivity contribution in [3.63, 3.8) is 0 Å². The van der Waals surface area contributed by atoms with Gasteiger partial charge in [-0.1, -0.05) is 18.7 Å². The highest BCUT2D eigenvalue weighted by molar-refractivity contribution is 5.90. The molecule has 1 atom stereocenters. The van der Waals surface area contributed by atoms with Gasteiger partial charge in [-0.2, -0.15) is 0 Å². The summed E-state index contributed by atoms with van der Waals surface area (Å²) in [5.41, 5.74) is 0.0498. The van der Waals surface area contributed by atoms with Crippen molar-refractivity contribution in [3.8, 4) is 17.2 Å². The lowest BCUT2D eigenvalue weighted by molar-refractivity contribution is -0.138. The fourth-order valence-corrected chi connectivity index (χ4v) is 2.82. The zero-order valence-corrected chi connectivity index (χ0v) is 17.3. The number of anilines is 1. The molecule has 0 aromatic heterocycles. The molecular formula is C22H24FNO6. The maximum absolute atomic E-state index is 14.1. The maximum Gasteiger partial charge on any atom is 0.335 e. The fraction of sp³-hybridized carbons (Fsp3) is 0.273. The monoisotopic (exact) mass is 417 g/mol. The van der Waals surface area contributed by atoms with Gasteiger partial charge >= 0.3 is 5.97 Å². The molecule has 0 amide bonds. The van der Waals surface area contributed by atoms with Crippen LogP contribution >= 0.6 is 0 Å². The summed E-state index contributed by atoms with van der Waals surface area (Å²) in [7, 11) is 4.42. The first-order valence-corrected chi connectivity index (χ1v) is 9.08. The third-order valence-corrected chi connectivity index (χ3v) is 4.26. The first-order valence-electron chi connectivity index (χ1n) is 9.08. The standard InChI is InChI=1S/C22H24FNO6/c1-6-30-22(26)13(2)20(14-8-7-9-17(25)16(23)10-14)24-15-11-18(27-3)21(29-5)19(12-15)28-4/h7-12,20,24H,2,6H2,1,3-5H3/t20-/m1/s1. The summed E-state index contributed by atoms with van der Waals surface area (Å²) in [4.78, 5) is 24.0. The van der Waals surface area contributed by atoms with Crippen LogP contribution in [0.4, 0.5) is 10.1 Å². The molecule has 0 aliphatic heterocycles. The second kappa shape index (κ2) is 10.3. The quantitative estimate of drug-likeness (QED) is 0.494. The van der Waals surface area contributed by atoms with Gasteiger partial charge in [-0.15, -0.1) is 0 Å². The predicted molar refractivity (Wildman–Crippen MR) is 111 cm³/mol. The number of methoxy groups -OCH3 is 3. The molecule has 160 valence electrons. The molecule has 2 aromatic carbocycles. The first kappa shape index (κ1) is 22.7. The minimum atomic E-state index is -0.955. The van der Waals surface area contributed by atoms with Gasteiger partial charge in [0.25, 0.3) is 0 Å². The number of halogens is 1. The smallest absolute Gasteiger partial charge is 0.335 e. The predicted octanol–water partition coefficient (Wildman–Crippen LogP) is 3.48. The second-order valence-corrected chi connectivity index (χ2v) is 6.12. The number of carbonyl (C=O) groups is 1. The molecule has 7 nitrogen and oxygen atoms in total. The van der Waals surface area contributed by atoms with E-state index in [2.05, 4.69) is 11.9 Å². The van der Waals surface area contributed by atoms with Gasteiger partial charge in [0.2, 0.25) is 11.2 Å². The fourth-order valence-electron chi connectivity index (χ4n) is 2.82. The number of ether oxygens (including phenoxy) is 4. The van der Waals surface area contributed by atoms with Gasteiger partial charge in [-0.25, -0.2) is 9.18 Å². The van der Waals surface area contributed by atoms with E-state index in [4.69, 9.17) is 18.9 Å². The Bertz CT molecular complexity index is 966. The minimum absolute atomic E-state index is 0.0312. The molecule has 0 spiro atoms. The zero-order chi connectivity index (χ0) is 22.3. The SMILES string of the molecule is C=C(C(=O)OCC)[C@@H](Nc1cc(OC)c(OC)c(OC)c1)c1cccc(=O)c(F)c1. The van der Waals surface area contributed by atoms with Crippen molar-refractivity contribution in [3.05, 3.63) is 70.2 Å². The van der Waals surface area contributed by atoms with Crippen LogP contribution in [0.2, 0.25) is 0 Å². The molecular weight excluding hydrogens is 393 g/mol. The number of benzene rings is 1. The Hall–Kier alpha value is -3.55. The molecule has 0 aliphatic rings. The van der Waals surface area contributed by atoms with Crippen LogP contribution in [0.15, 0.2) is 53.3 Å². The van der Waals surface area contributed by atoms with E-state index >= 15 is 0 Å². The summed E-state index contributed by atoms with van der Waals surface area (Å²) >= 11 is 0. The van der Waals surface area contributed by atoms with Gasteiger partial charge < -0.3 is 24.3 Å². The van der Waals surface area contributed by atoms with Crippen molar-refractivity contribution in [2.45, 2.75) is 13.0 Å². The normalized spacial score (nSPS) is 11.2. The van der Waals surface area contributed by atoms with Crippen LogP contribution in [0, 0.1) is 5.82 Å². The molecule has 0 saturated heterocycles. The Morgan fingerprint density at radius 3 is 2.27 bits per heavy atom. The summed E-state index contributed by atoms with van der Waals surface area (Å²) in [6, 6.07) is 7.45. The lowest BCUT2D eigenvalue weighted by Crippen LogP contribution is -2.20. The lowest BCUT2D eigenvalue weighted by Gasteiger charge is -2.23. The number of nitrogens with one attached hydrogen (secondary N) is 1. The van der Waals surface area contributed by atoms with Gasteiger partial charge in [0.15, 0.2) is 17.3 Å². The van der Waals surface area contributed by atoms with Gasteiger partial charge in [-0.3, -0.25) is 4.79 Å². The van der Waals surface area contributed by atoms with Crippen LogP contribution in [0.5, 0.6) is 17.2 Å². The van der Waals surface area contributed by atoms with Crippen molar-refractivity contribution < 1.29 is 28.1 Å². The number of hydrogen-bond acceptors (Lipinski definition) is 7. The largest absolute Gasteiger partial charge is 0.493 e. The highest BCUT2D eigenvalue weighted by atomic mass is 19.1. The second-order valence-electron chi connectivity index (χ2n) is 6.12. The van der Waals surface area contributed by atoms with E-state index < -0.39 is 23.3 Å². The topological polar surface area (TPSA) is 83.1 Å². The minimum Gasteiger partial charge on any atom is -0.493 e. The molecule has 0 heterocycles. The van der Waals surface area contributed by atoms with Crippen LogP contribution in [0.3, 0.4) is 0 Å². The lowest BCUT2D eigenvalue weighted by atomic mass is 10.0. The molecule has 0 aliphatic carbocycles. The van der Waals surface area contributed by atoms with Gasteiger partial charge in [0.1, 0.15) is 0 Å². The van der Waals surface area contributed by atoms with Crippen molar-refractivity contribution in [1.29, 1.82) is 0 Å². The summed E-state index contributed by atoms with van der Waals surface area (Å²) < 4.78 is 35.2. The zero-order valence-electron chi connectivity index (χ0n) is 17.3. The van der Waals surface area contributed by atoms with Crippen LogP contribution in [0.1, 0.15) is 18.5 Å². The summed E-state index contributed by atoms with van der Waals surface area (Å²) in [6.45, 7) is 5.63. The molecule has 2 aromatic rings. The molecule has 0 bridgehead atoms. The molecule has 8 heteroatoms. The molecule has 0 saturated carbocycles. The Labute approximate surface area is 174 Å². The Balaban J connectivity index is 2.58. The van der Waals surface area contributed by atoms with E-state index in [9.17, 15) is 14.0 Å². The van der Waals surface area contributed by atoms with Crippen LogP contribution in [-0.2, 0) is 9.53 Å². The average Bonchev–Trinajstić information content (AvgIpc) is 2.91. The molecule has 30 heavy (non-hydrogen) atoms. The summed E-state index contributed by atoms with van der Waals surface area (Å²) in [5.74, 6) is -0.461. The number of rotatable bonds is 9. The van der Waals surface area contributed by atoms with Gasteiger partial charge in [-0.05, 0) is 24.6 Å². The van der Waals surface area contributed by atoms with Crippen LogP contribution in [0.25, 0.3) is 0 Å². The highest BCUT2D eigenvalue weighted by Crippen LogP contribution is 2.41. The third kappa shape index (κ3) is 5.08. The summed E-state index contributed by atoms with van der Waals surface area (Å²) in [6.07, 6.45) is 0. The molecule has 2 rings (SSSR count). The Morgan fingerprint density at radius 2 is 1.73 bits per heavy atom. The first-order chi connectivity index (χ1) is 14.4. The van der Waals surface area contributed by atoms with Crippen LogP contribution < -0.4 is 25.0 Å². The Morgan fingerprint density at radius 1 is 1.10 bits per heavy atom. The third-order valence-electron chi connectivity index (χ3n) is 4.26. The summed E-state index contributed by atoms with van der Waals surface area (Å²) in [5, 5.41) is 3.11. The van der Waals surface area contributed by atoms with E-state index in [1.54, 1.807) is 19.1 Å². The maximum atomic E-state index is 14.1. The molecule has 0 radical (unpaired) electrons. The van der Waals surface area contributed by atoms with E-state index in [0.29, 0.717) is 28.5 Å². The van der Waals surface area contributed by atoms with Crippen molar-refractivity contribution in [2.75, 3.05) is 33.3 Å². The van der Waals surface area contributed by atoms with Crippen molar-refractivity contribution in [1.82, 2.24) is 0 Å². The average molecular weight is 417 g/mol.